The average molecular weight is 486 g/mol. The highest BCUT2D eigenvalue weighted by molar-refractivity contribution is 7.89. The fourth-order valence-electron chi connectivity index (χ4n) is 3.10. The van der Waals surface area contributed by atoms with E-state index in [9.17, 15) is 22.8 Å². The number of piperidine rings is 1. The van der Waals surface area contributed by atoms with E-state index in [2.05, 4.69) is 5.32 Å². The number of rotatable bonds is 7. The molecule has 166 valence electrons. The molecule has 1 aliphatic heterocycles. The predicted molar refractivity (Wildman–Crippen MR) is 115 cm³/mol. The molecule has 1 saturated heterocycles. The number of sulfonamides is 1. The molecule has 3 rings (SSSR count). The predicted octanol–water partition coefficient (Wildman–Crippen LogP) is 2.08. The fourth-order valence-corrected chi connectivity index (χ4v) is 5.51. The van der Waals surface area contributed by atoms with Crippen molar-refractivity contribution in [2.24, 2.45) is 11.7 Å². The summed E-state index contributed by atoms with van der Waals surface area (Å²) in [5.41, 5.74) is 5.40. The summed E-state index contributed by atoms with van der Waals surface area (Å²) in [6.07, 6.45) is 0.564. The maximum atomic E-state index is 12.7. The van der Waals surface area contributed by atoms with Crippen molar-refractivity contribution in [2.75, 3.05) is 25.0 Å². The van der Waals surface area contributed by atoms with Gasteiger partial charge >= 0.3 is 5.97 Å². The molecular formula is C19H20ClN3O6S2. The van der Waals surface area contributed by atoms with E-state index in [1.54, 1.807) is 5.38 Å². The Bertz CT molecular complexity index is 1080. The number of nitrogens with one attached hydrogen (secondary N) is 1. The largest absolute Gasteiger partial charge is 0.455 e. The van der Waals surface area contributed by atoms with E-state index in [1.165, 1.54) is 34.6 Å². The lowest BCUT2D eigenvalue weighted by Crippen LogP contribution is -2.40. The lowest BCUT2D eigenvalue weighted by molar-refractivity contribution is -0.152. The molecule has 1 fully saturated rings. The van der Waals surface area contributed by atoms with E-state index >= 15 is 0 Å². The van der Waals surface area contributed by atoms with Gasteiger partial charge in [-0.1, -0.05) is 11.6 Å². The van der Waals surface area contributed by atoms with Crippen LogP contribution in [0.15, 0.2) is 40.6 Å². The summed E-state index contributed by atoms with van der Waals surface area (Å²) in [6, 6.07) is 7.38. The highest BCUT2D eigenvalue weighted by Gasteiger charge is 2.33. The molecule has 2 amide bonds. The Balaban J connectivity index is 1.49. The number of hydrogen-bond acceptors (Lipinski definition) is 7. The molecule has 1 aromatic carbocycles. The van der Waals surface area contributed by atoms with E-state index in [0.717, 1.165) is 11.3 Å². The Kier molecular flexibility index (Phi) is 7.31. The van der Waals surface area contributed by atoms with Gasteiger partial charge in [0.15, 0.2) is 6.61 Å². The minimum absolute atomic E-state index is 0.138. The third-order valence-corrected chi connectivity index (χ3v) is 7.76. The summed E-state index contributed by atoms with van der Waals surface area (Å²) in [4.78, 5) is 35.7. The molecule has 0 atom stereocenters. The van der Waals surface area contributed by atoms with Gasteiger partial charge in [-0.15, -0.1) is 11.3 Å². The third-order valence-electron chi connectivity index (χ3n) is 4.77. The van der Waals surface area contributed by atoms with Crippen molar-refractivity contribution in [2.45, 2.75) is 17.7 Å². The minimum Gasteiger partial charge on any atom is -0.455 e. The summed E-state index contributed by atoms with van der Waals surface area (Å²) in [6.45, 7) is -0.194. The van der Waals surface area contributed by atoms with Crippen molar-refractivity contribution in [3.05, 3.63) is 46.3 Å². The van der Waals surface area contributed by atoms with Crippen LogP contribution in [0.1, 0.15) is 23.2 Å². The maximum absolute atomic E-state index is 12.7. The summed E-state index contributed by atoms with van der Waals surface area (Å²) < 4.78 is 31.8. The van der Waals surface area contributed by atoms with Gasteiger partial charge in [0.05, 0.1) is 16.4 Å². The van der Waals surface area contributed by atoms with E-state index in [1.807, 2.05) is 0 Å². The van der Waals surface area contributed by atoms with Crippen LogP contribution in [0.25, 0.3) is 0 Å². The molecule has 0 aliphatic carbocycles. The number of thiophene rings is 1. The molecule has 1 aromatic heterocycles. The van der Waals surface area contributed by atoms with Crippen LogP contribution in [0.3, 0.4) is 0 Å². The van der Waals surface area contributed by atoms with Crippen molar-refractivity contribution in [3.8, 4) is 0 Å². The summed E-state index contributed by atoms with van der Waals surface area (Å²) in [5, 5.41) is 4.81. The van der Waals surface area contributed by atoms with Crippen LogP contribution in [0.4, 0.5) is 5.00 Å². The SMILES string of the molecule is NC(=O)c1ccsc1NC(=O)COC(=O)C1CCN(S(=O)(=O)c2ccc(Cl)cc2)CC1. The van der Waals surface area contributed by atoms with Gasteiger partial charge in [0.1, 0.15) is 5.00 Å². The van der Waals surface area contributed by atoms with Crippen LogP contribution < -0.4 is 11.1 Å². The molecule has 2 aromatic rings. The average Bonchev–Trinajstić information content (AvgIpc) is 3.21. The van der Waals surface area contributed by atoms with Gasteiger partial charge in [-0.2, -0.15) is 4.31 Å². The quantitative estimate of drug-likeness (QED) is 0.576. The Morgan fingerprint density at radius 3 is 2.42 bits per heavy atom. The van der Waals surface area contributed by atoms with Gasteiger partial charge < -0.3 is 15.8 Å². The number of nitrogens with two attached hydrogens (primary N) is 1. The number of hydrogen-bond donors (Lipinski definition) is 2. The summed E-state index contributed by atoms with van der Waals surface area (Å²) >= 11 is 6.93. The molecule has 0 saturated carbocycles. The lowest BCUT2D eigenvalue weighted by Gasteiger charge is -2.30. The third kappa shape index (κ3) is 5.62. The monoisotopic (exact) mass is 485 g/mol. The molecule has 9 nitrogen and oxygen atoms in total. The molecule has 0 radical (unpaired) electrons. The zero-order valence-electron chi connectivity index (χ0n) is 16.2. The first-order valence-electron chi connectivity index (χ1n) is 9.28. The smallest absolute Gasteiger partial charge is 0.309 e. The van der Waals surface area contributed by atoms with Gasteiger partial charge in [-0.25, -0.2) is 8.42 Å². The molecule has 31 heavy (non-hydrogen) atoms. The number of ether oxygens (including phenoxy) is 1. The maximum Gasteiger partial charge on any atom is 0.309 e. The number of primary amides is 1. The number of esters is 1. The second-order valence-electron chi connectivity index (χ2n) is 6.82. The van der Waals surface area contributed by atoms with Crippen LogP contribution in [0, 0.1) is 5.92 Å². The molecule has 0 unspecified atom stereocenters. The van der Waals surface area contributed by atoms with Crippen LogP contribution in [0.5, 0.6) is 0 Å². The highest BCUT2D eigenvalue weighted by Crippen LogP contribution is 2.26. The van der Waals surface area contributed by atoms with Crippen molar-refractivity contribution < 1.29 is 27.5 Å². The molecule has 1 aliphatic rings. The first kappa shape index (κ1) is 23.2. The molecular weight excluding hydrogens is 466 g/mol. The van der Waals surface area contributed by atoms with Gasteiger partial charge in [0, 0.05) is 18.1 Å². The lowest BCUT2D eigenvalue weighted by atomic mass is 9.98. The Hall–Kier alpha value is -2.47. The number of halogens is 1. The molecule has 2 heterocycles. The number of carbonyl (C=O) groups is 3. The first-order valence-corrected chi connectivity index (χ1v) is 12.0. The topological polar surface area (TPSA) is 136 Å². The Labute approximate surface area is 188 Å². The number of carbonyl (C=O) groups excluding carboxylic acids is 3. The fraction of sp³-hybridized carbons (Fsp3) is 0.316. The van der Waals surface area contributed by atoms with Crippen LogP contribution in [-0.2, 0) is 24.3 Å². The van der Waals surface area contributed by atoms with Gasteiger partial charge in [0.2, 0.25) is 10.0 Å². The summed E-state index contributed by atoms with van der Waals surface area (Å²) in [7, 11) is -3.67. The van der Waals surface area contributed by atoms with Gasteiger partial charge in [-0.3, -0.25) is 14.4 Å². The zero-order valence-corrected chi connectivity index (χ0v) is 18.6. The van der Waals surface area contributed by atoms with Gasteiger partial charge in [-0.05, 0) is 48.6 Å². The molecule has 3 N–H and O–H groups in total. The normalized spacial score (nSPS) is 15.4. The first-order chi connectivity index (χ1) is 14.7. The van der Waals surface area contributed by atoms with E-state index in [0.29, 0.717) is 5.02 Å². The van der Waals surface area contributed by atoms with Gasteiger partial charge in [0.25, 0.3) is 11.8 Å². The number of nitrogens with zero attached hydrogens (tertiary/aromatic N) is 1. The highest BCUT2D eigenvalue weighted by atomic mass is 35.5. The van der Waals surface area contributed by atoms with E-state index in [4.69, 9.17) is 22.1 Å². The molecule has 0 spiro atoms. The minimum atomic E-state index is -3.67. The Morgan fingerprint density at radius 1 is 1.16 bits per heavy atom. The van der Waals surface area contributed by atoms with E-state index < -0.39 is 40.3 Å². The van der Waals surface area contributed by atoms with Crippen molar-refractivity contribution >= 4 is 55.7 Å². The zero-order chi connectivity index (χ0) is 22.6. The van der Waals surface area contributed by atoms with E-state index in [-0.39, 0.29) is 41.4 Å². The van der Waals surface area contributed by atoms with Crippen molar-refractivity contribution in [3.63, 3.8) is 0 Å². The second kappa shape index (κ2) is 9.77. The van der Waals surface area contributed by atoms with Crippen LogP contribution in [-0.4, -0.2) is 50.2 Å². The van der Waals surface area contributed by atoms with Crippen LogP contribution >= 0.6 is 22.9 Å². The van der Waals surface area contributed by atoms with Crippen molar-refractivity contribution in [1.82, 2.24) is 4.31 Å². The number of amides is 2. The van der Waals surface area contributed by atoms with Crippen molar-refractivity contribution in [1.29, 1.82) is 0 Å². The molecule has 12 heteroatoms. The Morgan fingerprint density at radius 2 is 1.81 bits per heavy atom. The second-order valence-corrected chi connectivity index (χ2v) is 10.1. The van der Waals surface area contributed by atoms with Crippen LogP contribution in [0.2, 0.25) is 5.02 Å². The number of anilines is 1. The number of benzene rings is 1. The summed E-state index contributed by atoms with van der Waals surface area (Å²) in [5.74, 6) is -2.35. The molecule has 0 bridgehead atoms. The standard InChI is InChI=1S/C19H20ClN3O6S2/c20-13-1-3-14(4-2-13)31(27,28)23-8-5-12(6-9-23)19(26)29-11-16(24)22-18-15(17(21)25)7-10-30-18/h1-4,7,10,12H,5-6,8-9,11H2,(H2,21,25)(H,22,24).